The fraction of sp³-hybridized carbons (Fsp3) is 0.200. The Hall–Kier alpha value is -1.62. The van der Waals surface area contributed by atoms with Crippen molar-refractivity contribution in [1.29, 1.82) is 0 Å². The van der Waals surface area contributed by atoms with Crippen LogP contribution in [0.25, 0.3) is 0 Å². The first-order valence-electron chi connectivity index (χ1n) is 4.47. The molecule has 0 spiro atoms. The second kappa shape index (κ2) is 5.46. The number of halogens is 2. The van der Waals surface area contributed by atoms with Gasteiger partial charge < -0.3 is 10.1 Å². The van der Waals surface area contributed by atoms with Gasteiger partial charge in [-0.1, -0.05) is 11.6 Å². The van der Waals surface area contributed by atoms with Crippen LogP contribution in [0.1, 0.15) is 6.92 Å². The van der Waals surface area contributed by atoms with E-state index in [1.807, 2.05) is 0 Å². The molecular weight excluding hydrogens is 237 g/mol. The minimum absolute atomic E-state index is 0.0934. The first-order chi connectivity index (χ1) is 7.52. The molecule has 16 heavy (non-hydrogen) atoms. The average molecular weight is 246 g/mol. The fourth-order valence-electron chi connectivity index (χ4n) is 1.00. The molecule has 0 fully saturated rings. The molecule has 0 saturated heterocycles. The van der Waals surface area contributed by atoms with Gasteiger partial charge in [0.2, 0.25) is 0 Å². The van der Waals surface area contributed by atoms with Crippen molar-refractivity contribution in [2.24, 2.45) is 0 Å². The van der Waals surface area contributed by atoms with Crippen LogP contribution >= 0.6 is 11.6 Å². The zero-order valence-electron chi connectivity index (χ0n) is 8.42. The third-order valence-corrected chi connectivity index (χ3v) is 1.80. The van der Waals surface area contributed by atoms with E-state index in [1.165, 1.54) is 6.07 Å². The summed E-state index contributed by atoms with van der Waals surface area (Å²) in [5.41, 5.74) is 0.100. The maximum absolute atomic E-state index is 12.9. The smallest absolute Gasteiger partial charge is 0.397 e. The van der Waals surface area contributed by atoms with Crippen molar-refractivity contribution in [1.82, 2.24) is 0 Å². The van der Waals surface area contributed by atoms with Crippen molar-refractivity contribution in [2.75, 3.05) is 11.9 Å². The van der Waals surface area contributed by atoms with Gasteiger partial charge in [0.05, 0.1) is 6.61 Å². The summed E-state index contributed by atoms with van der Waals surface area (Å²) in [5.74, 6) is -2.60. The van der Waals surface area contributed by atoms with Gasteiger partial charge in [-0.15, -0.1) is 0 Å². The summed E-state index contributed by atoms with van der Waals surface area (Å²) < 4.78 is 17.3. The van der Waals surface area contributed by atoms with Crippen LogP contribution in [-0.4, -0.2) is 18.5 Å². The van der Waals surface area contributed by atoms with E-state index < -0.39 is 17.7 Å². The van der Waals surface area contributed by atoms with Gasteiger partial charge in [-0.3, -0.25) is 4.79 Å². The number of carbonyl (C=O) groups is 2. The normalized spacial score (nSPS) is 9.69. The highest BCUT2D eigenvalue weighted by Gasteiger charge is 2.15. The molecule has 1 aromatic rings. The molecule has 1 aromatic carbocycles. The molecule has 0 aliphatic rings. The van der Waals surface area contributed by atoms with Gasteiger partial charge in [0.1, 0.15) is 5.82 Å². The number of benzene rings is 1. The van der Waals surface area contributed by atoms with Crippen LogP contribution in [0.2, 0.25) is 5.02 Å². The summed E-state index contributed by atoms with van der Waals surface area (Å²) in [7, 11) is 0. The zero-order valence-corrected chi connectivity index (χ0v) is 9.18. The quantitative estimate of drug-likeness (QED) is 0.640. The molecule has 86 valence electrons. The van der Waals surface area contributed by atoms with Crippen LogP contribution in [0.3, 0.4) is 0 Å². The van der Waals surface area contributed by atoms with Crippen molar-refractivity contribution >= 4 is 29.2 Å². The molecule has 0 bridgehead atoms. The summed E-state index contributed by atoms with van der Waals surface area (Å²) in [6.07, 6.45) is 0. The van der Waals surface area contributed by atoms with Crippen molar-refractivity contribution in [3.63, 3.8) is 0 Å². The molecule has 1 amide bonds. The van der Waals surface area contributed by atoms with Gasteiger partial charge in [0, 0.05) is 10.7 Å². The highest BCUT2D eigenvalue weighted by atomic mass is 35.5. The Balaban J connectivity index is 2.73. The predicted octanol–water partition coefficient (Wildman–Crippen LogP) is 1.98. The lowest BCUT2D eigenvalue weighted by atomic mass is 10.3. The van der Waals surface area contributed by atoms with Crippen molar-refractivity contribution in [3.8, 4) is 0 Å². The van der Waals surface area contributed by atoms with E-state index in [0.717, 1.165) is 12.1 Å². The Morgan fingerprint density at radius 1 is 1.44 bits per heavy atom. The largest absolute Gasteiger partial charge is 0.459 e. The maximum Gasteiger partial charge on any atom is 0.397 e. The van der Waals surface area contributed by atoms with Crippen LogP contribution < -0.4 is 5.32 Å². The van der Waals surface area contributed by atoms with Gasteiger partial charge in [0.15, 0.2) is 0 Å². The van der Waals surface area contributed by atoms with E-state index in [1.54, 1.807) is 6.92 Å². The summed E-state index contributed by atoms with van der Waals surface area (Å²) >= 11 is 5.57. The lowest BCUT2D eigenvalue weighted by Crippen LogP contribution is -2.25. The number of rotatable bonds is 2. The van der Waals surface area contributed by atoms with E-state index >= 15 is 0 Å². The van der Waals surface area contributed by atoms with E-state index in [9.17, 15) is 14.0 Å². The molecule has 0 aliphatic heterocycles. The molecule has 0 unspecified atom stereocenters. The van der Waals surface area contributed by atoms with Gasteiger partial charge in [-0.05, 0) is 25.1 Å². The molecule has 0 aromatic heterocycles. The Labute approximate surface area is 96.3 Å². The summed E-state index contributed by atoms with van der Waals surface area (Å²) in [4.78, 5) is 22.1. The van der Waals surface area contributed by atoms with Gasteiger partial charge in [0.25, 0.3) is 0 Å². The number of hydrogen-bond donors (Lipinski definition) is 1. The van der Waals surface area contributed by atoms with Crippen molar-refractivity contribution in [3.05, 3.63) is 29.0 Å². The van der Waals surface area contributed by atoms with Gasteiger partial charge in [-0.2, -0.15) is 0 Å². The molecule has 0 radical (unpaired) electrons. The lowest BCUT2D eigenvalue weighted by Gasteiger charge is -2.05. The van der Waals surface area contributed by atoms with Crippen LogP contribution in [-0.2, 0) is 14.3 Å². The number of carbonyl (C=O) groups excluding carboxylic acids is 2. The predicted molar refractivity (Wildman–Crippen MR) is 56.7 cm³/mol. The third kappa shape index (κ3) is 3.51. The lowest BCUT2D eigenvalue weighted by molar-refractivity contribution is -0.152. The first-order valence-corrected chi connectivity index (χ1v) is 4.85. The van der Waals surface area contributed by atoms with E-state index in [2.05, 4.69) is 10.1 Å². The number of ether oxygens (including phenoxy) is 1. The van der Waals surface area contributed by atoms with Crippen LogP contribution in [0.4, 0.5) is 10.1 Å². The number of amides is 1. The highest BCUT2D eigenvalue weighted by molar-refractivity contribution is 6.37. The molecule has 0 aliphatic carbocycles. The van der Waals surface area contributed by atoms with Gasteiger partial charge in [-0.25, -0.2) is 9.18 Å². The molecule has 0 saturated carbocycles. The second-order valence-corrected chi connectivity index (χ2v) is 3.27. The summed E-state index contributed by atoms with van der Waals surface area (Å²) in [6, 6.07) is 3.45. The Morgan fingerprint density at radius 2 is 2.12 bits per heavy atom. The summed E-state index contributed by atoms with van der Waals surface area (Å²) in [6.45, 7) is 1.67. The molecule has 4 nitrogen and oxygen atoms in total. The van der Waals surface area contributed by atoms with Crippen LogP contribution in [0.5, 0.6) is 0 Å². The van der Waals surface area contributed by atoms with E-state index in [-0.39, 0.29) is 17.3 Å². The minimum Gasteiger partial charge on any atom is -0.459 e. The number of anilines is 1. The SMILES string of the molecule is CCOC(=O)C(=O)Nc1cc(F)cc(Cl)c1. The monoisotopic (exact) mass is 245 g/mol. The molecule has 0 atom stereocenters. The van der Waals surface area contributed by atoms with Crippen LogP contribution in [0, 0.1) is 5.82 Å². The Bertz CT molecular complexity index is 402. The molecule has 1 N–H and O–H groups in total. The molecular formula is C10H9ClFNO3. The minimum atomic E-state index is -1.03. The molecule has 1 rings (SSSR count). The molecule has 0 heterocycles. The fourth-order valence-corrected chi connectivity index (χ4v) is 1.23. The Kier molecular flexibility index (Phi) is 4.25. The van der Waals surface area contributed by atoms with E-state index in [0.29, 0.717) is 0 Å². The van der Waals surface area contributed by atoms with E-state index in [4.69, 9.17) is 11.6 Å². The van der Waals surface area contributed by atoms with Crippen molar-refractivity contribution in [2.45, 2.75) is 6.92 Å². The second-order valence-electron chi connectivity index (χ2n) is 2.83. The number of nitrogens with one attached hydrogen (secondary N) is 1. The third-order valence-electron chi connectivity index (χ3n) is 1.58. The topological polar surface area (TPSA) is 55.4 Å². The number of esters is 1. The van der Waals surface area contributed by atoms with Gasteiger partial charge >= 0.3 is 11.9 Å². The number of hydrogen-bond acceptors (Lipinski definition) is 3. The Morgan fingerprint density at radius 3 is 2.69 bits per heavy atom. The first kappa shape index (κ1) is 12.4. The van der Waals surface area contributed by atoms with Crippen molar-refractivity contribution < 1.29 is 18.7 Å². The maximum atomic E-state index is 12.9. The highest BCUT2D eigenvalue weighted by Crippen LogP contribution is 2.17. The van der Waals surface area contributed by atoms with Crippen LogP contribution in [0.15, 0.2) is 18.2 Å². The molecule has 6 heteroatoms. The average Bonchev–Trinajstić information content (AvgIpc) is 2.16. The summed E-state index contributed by atoms with van der Waals surface area (Å²) in [5, 5.41) is 2.29. The standard InChI is InChI=1S/C10H9ClFNO3/c1-2-16-10(15)9(14)13-8-4-6(11)3-7(12)5-8/h3-5H,2H2,1H3,(H,13,14). The zero-order chi connectivity index (χ0) is 12.1.